The number of amides is 2. The average Bonchev–Trinajstić information content (AvgIpc) is 3.20. The third-order valence-corrected chi connectivity index (χ3v) is 5.63. The summed E-state index contributed by atoms with van der Waals surface area (Å²) in [6.07, 6.45) is 2.25. The highest BCUT2D eigenvalue weighted by molar-refractivity contribution is 7.14. The van der Waals surface area contributed by atoms with E-state index in [-0.39, 0.29) is 17.7 Å². The molecule has 1 aromatic heterocycles. The van der Waals surface area contributed by atoms with E-state index in [1.807, 2.05) is 47.8 Å². The Hall–Kier alpha value is -2.99. The largest absolute Gasteiger partial charge is 0.356 e. The van der Waals surface area contributed by atoms with Gasteiger partial charge >= 0.3 is 0 Å². The zero-order valence-corrected chi connectivity index (χ0v) is 18.2. The number of carbonyl (C=O) groups excluding carboxylic acids is 2. The van der Waals surface area contributed by atoms with Gasteiger partial charge < -0.3 is 10.6 Å². The van der Waals surface area contributed by atoms with Crippen molar-refractivity contribution < 1.29 is 9.59 Å². The molecule has 2 aromatic carbocycles. The van der Waals surface area contributed by atoms with E-state index < -0.39 is 0 Å². The first-order chi connectivity index (χ1) is 14.5. The molecule has 0 saturated carbocycles. The van der Waals surface area contributed by atoms with Crippen LogP contribution in [0, 0.1) is 0 Å². The van der Waals surface area contributed by atoms with Gasteiger partial charge in [0.25, 0.3) is 0 Å². The molecular formula is C24H27N3O2S. The lowest BCUT2D eigenvalue weighted by Crippen LogP contribution is -2.21. The summed E-state index contributed by atoms with van der Waals surface area (Å²) in [5, 5.41) is 8.31. The van der Waals surface area contributed by atoms with Crippen LogP contribution in [0.1, 0.15) is 43.7 Å². The molecule has 2 N–H and O–H groups in total. The number of nitrogens with zero attached hydrogens (tertiary/aromatic N) is 1. The third kappa shape index (κ3) is 6.52. The molecule has 2 amide bonds. The first kappa shape index (κ1) is 21.7. The minimum absolute atomic E-state index is 0.00583. The molecule has 0 aliphatic heterocycles. The van der Waals surface area contributed by atoms with Gasteiger partial charge in [0.15, 0.2) is 5.13 Å². The number of anilines is 1. The van der Waals surface area contributed by atoms with Crippen LogP contribution in [0.15, 0.2) is 60.0 Å². The van der Waals surface area contributed by atoms with Gasteiger partial charge in [0.05, 0.1) is 5.69 Å². The van der Waals surface area contributed by atoms with E-state index >= 15 is 0 Å². The number of thiazole rings is 1. The van der Waals surface area contributed by atoms with Gasteiger partial charge in [0.2, 0.25) is 11.8 Å². The lowest BCUT2D eigenvalue weighted by atomic mass is 9.98. The topological polar surface area (TPSA) is 71.1 Å². The predicted octanol–water partition coefficient (Wildman–Crippen LogP) is 5.01. The Morgan fingerprint density at radius 3 is 2.50 bits per heavy atom. The van der Waals surface area contributed by atoms with E-state index in [9.17, 15) is 9.59 Å². The van der Waals surface area contributed by atoms with Crippen LogP contribution < -0.4 is 10.6 Å². The third-order valence-electron chi connectivity index (χ3n) is 4.88. The number of hydrogen-bond acceptors (Lipinski definition) is 4. The fraction of sp³-hybridized carbons (Fsp3) is 0.292. The molecule has 0 radical (unpaired) electrons. The molecule has 1 heterocycles. The van der Waals surface area contributed by atoms with Crippen LogP contribution in [-0.4, -0.2) is 23.3 Å². The van der Waals surface area contributed by atoms with Crippen LogP contribution in [-0.2, 0) is 16.0 Å². The zero-order chi connectivity index (χ0) is 21.3. The highest BCUT2D eigenvalue weighted by Gasteiger charge is 2.13. The molecule has 0 bridgehead atoms. The number of benzene rings is 2. The highest BCUT2D eigenvalue weighted by atomic mass is 32.1. The first-order valence-corrected chi connectivity index (χ1v) is 11.0. The van der Waals surface area contributed by atoms with Crippen LogP contribution in [0.25, 0.3) is 11.3 Å². The van der Waals surface area contributed by atoms with Crippen molar-refractivity contribution in [2.45, 2.75) is 39.0 Å². The van der Waals surface area contributed by atoms with E-state index in [0.29, 0.717) is 18.1 Å². The number of hydrogen-bond donors (Lipinski definition) is 2. The Bertz CT molecular complexity index is 968. The van der Waals surface area contributed by atoms with Gasteiger partial charge in [0.1, 0.15) is 0 Å². The van der Waals surface area contributed by atoms with E-state index in [2.05, 4.69) is 34.7 Å². The Morgan fingerprint density at radius 1 is 1.07 bits per heavy atom. The van der Waals surface area contributed by atoms with Crippen molar-refractivity contribution in [3.63, 3.8) is 0 Å². The Labute approximate surface area is 181 Å². The molecule has 3 rings (SSSR count). The summed E-state index contributed by atoms with van der Waals surface area (Å²) < 4.78 is 0. The Kier molecular flexibility index (Phi) is 7.74. The zero-order valence-electron chi connectivity index (χ0n) is 17.4. The van der Waals surface area contributed by atoms with Gasteiger partial charge in [-0.25, -0.2) is 4.98 Å². The van der Waals surface area contributed by atoms with Crippen LogP contribution >= 0.6 is 11.3 Å². The average molecular weight is 422 g/mol. The summed E-state index contributed by atoms with van der Waals surface area (Å²) in [4.78, 5) is 27.8. The maximum Gasteiger partial charge on any atom is 0.226 e. The lowest BCUT2D eigenvalue weighted by molar-refractivity contribution is -0.119. The van der Waals surface area contributed by atoms with Crippen molar-refractivity contribution in [1.29, 1.82) is 0 Å². The van der Waals surface area contributed by atoms with Crippen molar-refractivity contribution in [2.24, 2.45) is 0 Å². The van der Waals surface area contributed by atoms with E-state index in [4.69, 9.17) is 0 Å². The van der Waals surface area contributed by atoms with Crippen molar-refractivity contribution in [1.82, 2.24) is 10.3 Å². The van der Waals surface area contributed by atoms with Crippen LogP contribution in [0.5, 0.6) is 0 Å². The van der Waals surface area contributed by atoms with Crippen molar-refractivity contribution in [2.75, 3.05) is 11.9 Å². The van der Waals surface area contributed by atoms with Gasteiger partial charge in [-0.05, 0) is 29.9 Å². The Balaban J connectivity index is 1.51. The molecule has 6 heteroatoms. The maximum absolute atomic E-state index is 12.4. The normalized spacial score (nSPS) is 11.7. The molecule has 0 spiro atoms. The second kappa shape index (κ2) is 10.7. The summed E-state index contributed by atoms with van der Waals surface area (Å²) in [6.45, 7) is 4.28. The fourth-order valence-electron chi connectivity index (χ4n) is 3.21. The Morgan fingerprint density at radius 2 is 1.80 bits per heavy atom. The summed E-state index contributed by atoms with van der Waals surface area (Å²) in [5.74, 6) is 0.136. The van der Waals surface area contributed by atoms with Gasteiger partial charge in [-0.15, -0.1) is 11.3 Å². The number of rotatable bonds is 9. The first-order valence-electron chi connectivity index (χ1n) is 10.2. The fourth-order valence-corrected chi connectivity index (χ4v) is 3.95. The summed E-state index contributed by atoms with van der Waals surface area (Å²) in [7, 11) is 0. The molecule has 3 aromatic rings. The number of aryl methyl sites for hydroxylation is 1. The summed E-state index contributed by atoms with van der Waals surface area (Å²) in [6, 6.07) is 18.3. The van der Waals surface area contributed by atoms with Gasteiger partial charge in [0, 0.05) is 30.8 Å². The maximum atomic E-state index is 12.4. The molecule has 1 unspecified atom stereocenters. The minimum Gasteiger partial charge on any atom is -0.356 e. The molecular weight excluding hydrogens is 394 g/mol. The van der Waals surface area contributed by atoms with Crippen LogP contribution in [0.2, 0.25) is 0 Å². The van der Waals surface area contributed by atoms with E-state index in [1.165, 1.54) is 23.8 Å². The second-order valence-corrected chi connectivity index (χ2v) is 8.24. The monoisotopic (exact) mass is 421 g/mol. The standard InChI is InChI=1S/C24H27N3O2S/c1-17(20-8-4-3-5-9-20)15-23(29)27-24-26-22(16-30-24)21-12-10-19(11-13-21)7-6-14-25-18(2)28/h3-5,8-13,16-17H,6-7,14-15H2,1-2H3,(H,25,28)(H,26,27,29). The van der Waals surface area contributed by atoms with E-state index in [0.717, 1.165) is 29.7 Å². The van der Waals surface area contributed by atoms with Crippen LogP contribution in [0.3, 0.4) is 0 Å². The van der Waals surface area contributed by atoms with Gasteiger partial charge in [-0.2, -0.15) is 0 Å². The molecule has 0 saturated heterocycles. The van der Waals surface area contributed by atoms with E-state index in [1.54, 1.807) is 0 Å². The SMILES string of the molecule is CC(=O)NCCCc1ccc(-c2csc(NC(=O)CC(C)c3ccccc3)n2)cc1. The van der Waals surface area contributed by atoms with Crippen molar-refractivity contribution in [3.8, 4) is 11.3 Å². The highest BCUT2D eigenvalue weighted by Crippen LogP contribution is 2.26. The lowest BCUT2D eigenvalue weighted by Gasteiger charge is -2.10. The number of aromatic nitrogens is 1. The molecule has 0 aliphatic carbocycles. The molecule has 0 aliphatic rings. The van der Waals surface area contributed by atoms with Crippen LogP contribution in [0.4, 0.5) is 5.13 Å². The molecule has 0 fully saturated rings. The summed E-state index contributed by atoms with van der Waals surface area (Å²) >= 11 is 1.44. The summed E-state index contributed by atoms with van der Waals surface area (Å²) in [5.41, 5.74) is 4.26. The number of carbonyl (C=O) groups is 2. The number of nitrogens with one attached hydrogen (secondary N) is 2. The minimum atomic E-state index is -0.0261. The van der Waals surface area contributed by atoms with Gasteiger partial charge in [-0.1, -0.05) is 61.5 Å². The molecule has 5 nitrogen and oxygen atoms in total. The molecule has 156 valence electrons. The predicted molar refractivity (Wildman–Crippen MR) is 123 cm³/mol. The van der Waals surface area contributed by atoms with Crippen molar-refractivity contribution >= 4 is 28.3 Å². The molecule has 1 atom stereocenters. The second-order valence-electron chi connectivity index (χ2n) is 7.39. The van der Waals surface area contributed by atoms with Crippen molar-refractivity contribution in [3.05, 3.63) is 71.1 Å². The smallest absolute Gasteiger partial charge is 0.226 e. The molecule has 30 heavy (non-hydrogen) atoms. The quantitative estimate of drug-likeness (QED) is 0.477. The van der Waals surface area contributed by atoms with Gasteiger partial charge in [-0.3, -0.25) is 9.59 Å².